The molecule has 188 valence electrons. The number of rotatable bonds is 9. The molecule has 0 saturated heterocycles. The van der Waals surface area contributed by atoms with Gasteiger partial charge in [-0.1, -0.05) is 56.3 Å². The zero-order chi connectivity index (χ0) is 25.9. The summed E-state index contributed by atoms with van der Waals surface area (Å²) in [5, 5.41) is 2.49. The molecule has 0 aliphatic carbocycles. The molecule has 0 aromatic heterocycles. The topological polar surface area (TPSA) is 88.7 Å². The fourth-order valence-electron chi connectivity index (χ4n) is 3.39. The Morgan fingerprint density at radius 2 is 1.64 bits per heavy atom. The Labute approximate surface area is 217 Å². The molecule has 0 aliphatic heterocycles. The third-order valence-corrected chi connectivity index (χ3v) is 5.52. The van der Waals surface area contributed by atoms with E-state index in [1.54, 1.807) is 24.3 Å². The lowest BCUT2D eigenvalue weighted by molar-refractivity contribution is -0.123. The first-order valence-electron chi connectivity index (χ1n) is 11.7. The van der Waals surface area contributed by atoms with Crippen molar-refractivity contribution in [1.29, 1.82) is 0 Å². The van der Waals surface area contributed by atoms with E-state index in [0.717, 1.165) is 17.5 Å². The van der Waals surface area contributed by atoms with Crippen LogP contribution < -0.4 is 25.6 Å². The maximum Gasteiger partial charge on any atom is 0.276 e. The molecular formula is C28H31N3O4S. The van der Waals surface area contributed by atoms with E-state index >= 15 is 0 Å². The lowest BCUT2D eigenvalue weighted by atomic mass is 10.0. The van der Waals surface area contributed by atoms with Crippen LogP contribution in [0.15, 0.2) is 72.8 Å². The fraction of sp³-hybridized carbons (Fsp3) is 0.250. The summed E-state index contributed by atoms with van der Waals surface area (Å²) in [6.45, 7) is 6.43. The van der Waals surface area contributed by atoms with Crippen LogP contribution in [0.4, 0.5) is 0 Å². The Morgan fingerprint density at radius 3 is 2.33 bits per heavy atom. The van der Waals surface area contributed by atoms with Crippen molar-refractivity contribution in [1.82, 2.24) is 16.2 Å². The summed E-state index contributed by atoms with van der Waals surface area (Å²) in [5.74, 6) is 0.766. The molecule has 0 heterocycles. The molecular weight excluding hydrogens is 474 g/mol. The molecule has 0 aliphatic rings. The van der Waals surface area contributed by atoms with Crippen molar-refractivity contribution in [2.75, 3.05) is 13.2 Å². The number of hydrogen-bond acceptors (Lipinski definition) is 5. The van der Waals surface area contributed by atoms with E-state index in [1.807, 2.05) is 43.3 Å². The van der Waals surface area contributed by atoms with E-state index in [1.165, 1.54) is 5.56 Å². The third-order valence-electron chi connectivity index (χ3n) is 5.31. The van der Waals surface area contributed by atoms with Crippen molar-refractivity contribution < 1.29 is 19.1 Å². The maximum absolute atomic E-state index is 12.4. The molecule has 0 bridgehead atoms. The van der Waals surface area contributed by atoms with Crippen LogP contribution in [0.1, 0.15) is 46.8 Å². The van der Waals surface area contributed by atoms with E-state index < -0.39 is 11.8 Å². The zero-order valence-electron chi connectivity index (χ0n) is 20.7. The molecule has 3 aromatic rings. The smallest absolute Gasteiger partial charge is 0.276 e. The second-order valence-electron chi connectivity index (χ2n) is 8.55. The van der Waals surface area contributed by atoms with Crippen molar-refractivity contribution in [3.05, 3.63) is 95.1 Å². The molecule has 0 atom stereocenters. The summed E-state index contributed by atoms with van der Waals surface area (Å²) >= 11 is 5.10. The zero-order valence-corrected chi connectivity index (χ0v) is 21.5. The number of carbonyl (C=O) groups excluding carboxylic acids is 2. The Hall–Kier alpha value is -3.91. The van der Waals surface area contributed by atoms with Crippen LogP contribution in [0.2, 0.25) is 0 Å². The van der Waals surface area contributed by atoms with Gasteiger partial charge in [0, 0.05) is 12.0 Å². The van der Waals surface area contributed by atoms with Crippen LogP contribution in [0.5, 0.6) is 11.5 Å². The molecule has 2 amide bonds. The van der Waals surface area contributed by atoms with Gasteiger partial charge in [0.2, 0.25) is 0 Å². The standard InChI is InChI=1S/C28H31N3O4S/c1-19(2)24-14-9-20(3)17-25(24)35-18-26(32)30-31-28(36)29-27(33)22-10-12-23(13-11-22)34-16-15-21-7-5-4-6-8-21/h4-14,17,19H,15-16,18H2,1-3H3,(H,30,32)(H2,29,31,33,36). The van der Waals surface area contributed by atoms with Gasteiger partial charge in [0.1, 0.15) is 11.5 Å². The van der Waals surface area contributed by atoms with Crippen molar-refractivity contribution in [3.63, 3.8) is 0 Å². The van der Waals surface area contributed by atoms with Gasteiger partial charge in [-0.05, 0) is 72.1 Å². The lowest BCUT2D eigenvalue weighted by Crippen LogP contribution is -2.49. The quantitative estimate of drug-likeness (QED) is 0.294. The second-order valence-corrected chi connectivity index (χ2v) is 8.96. The number of amides is 2. The van der Waals surface area contributed by atoms with Gasteiger partial charge in [-0.15, -0.1) is 0 Å². The minimum atomic E-state index is -0.431. The summed E-state index contributed by atoms with van der Waals surface area (Å²) in [4.78, 5) is 24.6. The summed E-state index contributed by atoms with van der Waals surface area (Å²) in [6, 6.07) is 22.7. The monoisotopic (exact) mass is 505 g/mol. The van der Waals surface area contributed by atoms with Gasteiger partial charge in [-0.2, -0.15) is 0 Å². The maximum atomic E-state index is 12.4. The van der Waals surface area contributed by atoms with Crippen LogP contribution in [0, 0.1) is 6.92 Å². The predicted molar refractivity (Wildman–Crippen MR) is 144 cm³/mol. The molecule has 0 unspecified atom stereocenters. The summed E-state index contributed by atoms with van der Waals surface area (Å²) < 4.78 is 11.4. The van der Waals surface area contributed by atoms with E-state index in [2.05, 4.69) is 42.1 Å². The molecule has 8 heteroatoms. The molecule has 7 nitrogen and oxygen atoms in total. The van der Waals surface area contributed by atoms with Gasteiger partial charge in [0.25, 0.3) is 11.8 Å². The lowest BCUT2D eigenvalue weighted by Gasteiger charge is -2.15. The van der Waals surface area contributed by atoms with E-state index in [4.69, 9.17) is 21.7 Å². The molecule has 0 spiro atoms. The van der Waals surface area contributed by atoms with Crippen LogP contribution in [0.25, 0.3) is 0 Å². The first kappa shape index (κ1) is 26.7. The van der Waals surface area contributed by atoms with Gasteiger partial charge >= 0.3 is 0 Å². The van der Waals surface area contributed by atoms with E-state index in [9.17, 15) is 9.59 Å². The number of thiocarbonyl (C=S) groups is 1. The second kappa shape index (κ2) is 13.3. The molecule has 0 fully saturated rings. The molecule has 0 saturated carbocycles. The van der Waals surface area contributed by atoms with Crippen molar-refractivity contribution in [2.45, 2.75) is 33.1 Å². The highest BCUT2D eigenvalue weighted by Crippen LogP contribution is 2.27. The molecule has 0 radical (unpaired) electrons. The summed E-state index contributed by atoms with van der Waals surface area (Å²) in [7, 11) is 0. The largest absolute Gasteiger partial charge is 0.493 e. The van der Waals surface area contributed by atoms with Gasteiger partial charge in [0.05, 0.1) is 6.61 Å². The van der Waals surface area contributed by atoms with Crippen molar-refractivity contribution in [3.8, 4) is 11.5 Å². The minimum Gasteiger partial charge on any atom is -0.493 e. The Balaban J connectivity index is 1.39. The van der Waals surface area contributed by atoms with Gasteiger partial charge < -0.3 is 9.47 Å². The number of aryl methyl sites for hydroxylation is 1. The average molecular weight is 506 g/mol. The fourth-order valence-corrected chi connectivity index (χ4v) is 3.53. The number of nitrogens with one attached hydrogen (secondary N) is 3. The van der Waals surface area contributed by atoms with Gasteiger partial charge in [0.15, 0.2) is 11.7 Å². The first-order chi connectivity index (χ1) is 17.3. The molecule has 36 heavy (non-hydrogen) atoms. The highest BCUT2D eigenvalue weighted by molar-refractivity contribution is 7.80. The van der Waals surface area contributed by atoms with Crippen molar-refractivity contribution in [2.24, 2.45) is 0 Å². The van der Waals surface area contributed by atoms with E-state index in [-0.39, 0.29) is 17.6 Å². The number of hydrazine groups is 1. The van der Waals surface area contributed by atoms with Crippen LogP contribution in [-0.2, 0) is 11.2 Å². The van der Waals surface area contributed by atoms with Crippen molar-refractivity contribution >= 4 is 29.1 Å². The third kappa shape index (κ3) is 8.39. The molecule has 3 N–H and O–H groups in total. The number of carbonyl (C=O) groups is 2. The first-order valence-corrected chi connectivity index (χ1v) is 12.1. The minimum absolute atomic E-state index is 0.0324. The number of benzene rings is 3. The molecule has 3 aromatic carbocycles. The Morgan fingerprint density at radius 1 is 0.917 bits per heavy atom. The van der Waals surface area contributed by atoms with Crippen LogP contribution in [0.3, 0.4) is 0 Å². The van der Waals surface area contributed by atoms with Gasteiger partial charge in [-0.25, -0.2) is 0 Å². The Bertz CT molecular complexity index is 1180. The number of ether oxygens (including phenoxy) is 2. The highest BCUT2D eigenvalue weighted by atomic mass is 32.1. The Kier molecular flexibility index (Phi) is 9.82. The average Bonchev–Trinajstić information content (AvgIpc) is 2.87. The highest BCUT2D eigenvalue weighted by Gasteiger charge is 2.12. The van der Waals surface area contributed by atoms with Gasteiger partial charge in [-0.3, -0.25) is 25.8 Å². The summed E-state index contributed by atoms with van der Waals surface area (Å²) in [6.07, 6.45) is 0.795. The normalized spacial score (nSPS) is 10.4. The van der Waals surface area contributed by atoms with Crippen LogP contribution in [-0.4, -0.2) is 30.1 Å². The summed E-state index contributed by atoms with van der Waals surface area (Å²) in [5.41, 5.74) is 8.62. The van der Waals surface area contributed by atoms with Crippen LogP contribution >= 0.6 is 12.2 Å². The predicted octanol–water partition coefficient (Wildman–Crippen LogP) is 4.45. The molecule has 3 rings (SSSR count). The number of hydrogen-bond donors (Lipinski definition) is 3. The van der Waals surface area contributed by atoms with E-state index in [0.29, 0.717) is 23.7 Å². The SMILES string of the molecule is Cc1ccc(C(C)C)c(OCC(=O)NNC(=S)NC(=O)c2ccc(OCCc3ccccc3)cc2)c1.